The van der Waals surface area contributed by atoms with Crippen LogP contribution in [0.15, 0.2) is 65.1 Å². The van der Waals surface area contributed by atoms with E-state index in [0.29, 0.717) is 11.3 Å². The SMILES string of the molecule is CCOC(=O)c1cccc(NC(=O)c2ccc(-c3ccccc3[N+](=O)[O-])o2)c1. The summed E-state index contributed by atoms with van der Waals surface area (Å²) in [4.78, 5) is 34.9. The lowest BCUT2D eigenvalue weighted by Crippen LogP contribution is -2.12. The molecule has 8 nitrogen and oxygen atoms in total. The number of furan rings is 1. The van der Waals surface area contributed by atoms with Gasteiger partial charge in [0.1, 0.15) is 5.76 Å². The molecule has 2 aromatic carbocycles. The number of hydrogen-bond acceptors (Lipinski definition) is 6. The van der Waals surface area contributed by atoms with Crippen LogP contribution in [0.5, 0.6) is 0 Å². The van der Waals surface area contributed by atoms with Crippen molar-refractivity contribution in [3.05, 3.63) is 82.1 Å². The smallest absolute Gasteiger partial charge is 0.338 e. The zero-order valence-electron chi connectivity index (χ0n) is 14.9. The van der Waals surface area contributed by atoms with E-state index in [1.807, 2.05) is 0 Å². The van der Waals surface area contributed by atoms with Crippen molar-refractivity contribution in [3.63, 3.8) is 0 Å². The fourth-order valence-electron chi connectivity index (χ4n) is 2.58. The van der Waals surface area contributed by atoms with Crippen LogP contribution in [0.4, 0.5) is 11.4 Å². The minimum atomic E-state index is -0.550. The molecule has 28 heavy (non-hydrogen) atoms. The first-order chi connectivity index (χ1) is 13.5. The number of anilines is 1. The number of carbonyl (C=O) groups excluding carboxylic acids is 2. The monoisotopic (exact) mass is 380 g/mol. The number of para-hydroxylation sites is 1. The number of amides is 1. The van der Waals surface area contributed by atoms with Gasteiger partial charge in [-0.2, -0.15) is 0 Å². The largest absolute Gasteiger partial charge is 0.462 e. The number of rotatable bonds is 6. The van der Waals surface area contributed by atoms with Crippen LogP contribution < -0.4 is 5.32 Å². The van der Waals surface area contributed by atoms with Gasteiger partial charge in [0.15, 0.2) is 5.76 Å². The molecule has 142 valence electrons. The van der Waals surface area contributed by atoms with E-state index in [-0.39, 0.29) is 29.4 Å². The predicted molar refractivity (Wildman–Crippen MR) is 101 cm³/mol. The summed E-state index contributed by atoms with van der Waals surface area (Å²) in [6.45, 7) is 1.95. The standard InChI is InChI=1S/C20H16N2O6/c1-2-27-20(24)13-6-5-7-14(12-13)21-19(23)18-11-10-17(28-18)15-8-3-4-9-16(15)22(25)26/h3-12H,2H2,1H3,(H,21,23). The van der Waals surface area contributed by atoms with E-state index < -0.39 is 16.8 Å². The first-order valence-corrected chi connectivity index (χ1v) is 8.41. The molecular weight excluding hydrogens is 364 g/mol. The zero-order valence-corrected chi connectivity index (χ0v) is 14.9. The van der Waals surface area contributed by atoms with Crippen LogP contribution in [0.2, 0.25) is 0 Å². The molecule has 0 radical (unpaired) electrons. The van der Waals surface area contributed by atoms with Gasteiger partial charge in [-0.25, -0.2) is 4.79 Å². The second kappa shape index (κ2) is 8.17. The highest BCUT2D eigenvalue weighted by molar-refractivity contribution is 6.03. The Morgan fingerprint density at radius 1 is 1.11 bits per heavy atom. The third-order valence-corrected chi connectivity index (χ3v) is 3.83. The molecule has 0 saturated carbocycles. The highest BCUT2D eigenvalue weighted by Crippen LogP contribution is 2.31. The molecule has 0 aliphatic heterocycles. The minimum Gasteiger partial charge on any atom is -0.462 e. The Bertz CT molecular complexity index is 1040. The molecule has 1 N–H and O–H groups in total. The maximum absolute atomic E-state index is 12.4. The van der Waals surface area contributed by atoms with Crippen molar-refractivity contribution in [1.29, 1.82) is 0 Å². The first kappa shape index (κ1) is 18.8. The first-order valence-electron chi connectivity index (χ1n) is 8.41. The Morgan fingerprint density at radius 2 is 1.89 bits per heavy atom. The number of esters is 1. The Balaban J connectivity index is 1.80. The number of nitro benzene ring substituents is 1. The van der Waals surface area contributed by atoms with E-state index in [0.717, 1.165) is 0 Å². The topological polar surface area (TPSA) is 112 Å². The van der Waals surface area contributed by atoms with Gasteiger partial charge in [-0.05, 0) is 43.3 Å². The molecule has 0 bridgehead atoms. The van der Waals surface area contributed by atoms with Crippen LogP contribution >= 0.6 is 0 Å². The predicted octanol–water partition coefficient (Wildman–Crippen LogP) is 4.28. The molecule has 0 fully saturated rings. The van der Waals surface area contributed by atoms with Gasteiger partial charge in [-0.1, -0.05) is 18.2 Å². The fourth-order valence-corrected chi connectivity index (χ4v) is 2.58. The van der Waals surface area contributed by atoms with Crippen LogP contribution in [0.25, 0.3) is 11.3 Å². The molecule has 0 aliphatic rings. The third kappa shape index (κ3) is 4.07. The molecule has 1 heterocycles. The maximum atomic E-state index is 12.4. The van der Waals surface area contributed by atoms with Crippen molar-refractivity contribution < 1.29 is 23.7 Å². The summed E-state index contributed by atoms with van der Waals surface area (Å²) in [5.74, 6) is -0.853. The second-order valence-corrected chi connectivity index (χ2v) is 5.69. The third-order valence-electron chi connectivity index (χ3n) is 3.83. The number of nitrogens with one attached hydrogen (secondary N) is 1. The van der Waals surface area contributed by atoms with Crippen molar-refractivity contribution in [1.82, 2.24) is 0 Å². The van der Waals surface area contributed by atoms with E-state index in [2.05, 4.69) is 5.32 Å². The Hall–Kier alpha value is -3.94. The maximum Gasteiger partial charge on any atom is 0.338 e. The van der Waals surface area contributed by atoms with Gasteiger partial charge in [0.25, 0.3) is 11.6 Å². The molecule has 0 unspecified atom stereocenters. The number of nitrogens with zero attached hydrogens (tertiary/aromatic N) is 1. The summed E-state index contributed by atoms with van der Waals surface area (Å²) in [7, 11) is 0. The van der Waals surface area contributed by atoms with E-state index in [9.17, 15) is 19.7 Å². The van der Waals surface area contributed by atoms with Crippen LogP contribution in [0, 0.1) is 10.1 Å². The van der Waals surface area contributed by atoms with Gasteiger partial charge in [0, 0.05) is 11.8 Å². The second-order valence-electron chi connectivity index (χ2n) is 5.69. The van der Waals surface area contributed by atoms with Crippen molar-refractivity contribution in [3.8, 4) is 11.3 Å². The molecule has 0 spiro atoms. The highest BCUT2D eigenvalue weighted by Gasteiger charge is 2.19. The van der Waals surface area contributed by atoms with Gasteiger partial charge < -0.3 is 14.5 Å². The summed E-state index contributed by atoms with van der Waals surface area (Å²) in [5.41, 5.74) is 0.848. The molecule has 3 rings (SSSR count). The Labute approximate surface area is 159 Å². The number of hydrogen-bond donors (Lipinski definition) is 1. The summed E-state index contributed by atoms with van der Waals surface area (Å²) < 4.78 is 10.4. The number of ether oxygens (including phenoxy) is 1. The summed E-state index contributed by atoms with van der Waals surface area (Å²) >= 11 is 0. The zero-order chi connectivity index (χ0) is 20.1. The van der Waals surface area contributed by atoms with Crippen molar-refractivity contribution >= 4 is 23.3 Å². The molecule has 1 amide bonds. The van der Waals surface area contributed by atoms with E-state index in [1.54, 1.807) is 43.3 Å². The van der Waals surface area contributed by atoms with Crippen LogP contribution in [0.3, 0.4) is 0 Å². The van der Waals surface area contributed by atoms with Crippen LogP contribution in [-0.2, 0) is 4.74 Å². The quantitative estimate of drug-likeness (QED) is 0.388. The molecule has 3 aromatic rings. The van der Waals surface area contributed by atoms with Crippen molar-refractivity contribution in [2.75, 3.05) is 11.9 Å². The van der Waals surface area contributed by atoms with E-state index in [1.165, 1.54) is 24.3 Å². The lowest BCUT2D eigenvalue weighted by molar-refractivity contribution is -0.384. The van der Waals surface area contributed by atoms with Gasteiger partial charge in [-0.15, -0.1) is 0 Å². The van der Waals surface area contributed by atoms with Crippen LogP contribution in [-0.4, -0.2) is 23.4 Å². The van der Waals surface area contributed by atoms with Crippen molar-refractivity contribution in [2.45, 2.75) is 6.92 Å². The molecule has 0 atom stereocenters. The summed E-state index contributed by atoms with van der Waals surface area (Å²) in [5, 5.41) is 13.8. The van der Waals surface area contributed by atoms with Gasteiger partial charge in [-0.3, -0.25) is 14.9 Å². The Morgan fingerprint density at radius 3 is 2.64 bits per heavy atom. The van der Waals surface area contributed by atoms with E-state index in [4.69, 9.17) is 9.15 Å². The molecule has 0 aliphatic carbocycles. The number of benzene rings is 2. The molecule has 0 saturated heterocycles. The lowest BCUT2D eigenvalue weighted by Gasteiger charge is -2.06. The summed E-state index contributed by atoms with van der Waals surface area (Å²) in [6, 6.07) is 15.3. The number of carbonyl (C=O) groups is 2. The van der Waals surface area contributed by atoms with Gasteiger partial charge >= 0.3 is 5.97 Å². The molecule has 8 heteroatoms. The molecular formula is C20H16N2O6. The van der Waals surface area contributed by atoms with E-state index >= 15 is 0 Å². The average Bonchev–Trinajstić information content (AvgIpc) is 3.18. The lowest BCUT2D eigenvalue weighted by atomic mass is 10.1. The normalized spacial score (nSPS) is 10.3. The van der Waals surface area contributed by atoms with Gasteiger partial charge in [0.05, 0.1) is 22.7 Å². The van der Waals surface area contributed by atoms with Gasteiger partial charge in [0.2, 0.25) is 0 Å². The summed E-state index contributed by atoms with van der Waals surface area (Å²) in [6.07, 6.45) is 0. The fraction of sp³-hybridized carbons (Fsp3) is 0.100. The molecule has 1 aromatic heterocycles. The average molecular weight is 380 g/mol. The number of nitro groups is 1. The van der Waals surface area contributed by atoms with Crippen molar-refractivity contribution in [2.24, 2.45) is 0 Å². The Kier molecular flexibility index (Phi) is 5.50. The minimum absolute atomic E-state index is 0.0188. The highest BCUT2D eigenvalue weighted by atomic mass is 16.6. The van der Waals surface area contributed by atoms with Crippen LogP contribution in [0.1, 0.15) is 27.8 Å².